The number of hydrogen-bond donors (Lipinski definition) is 2. The molecule has 0 fully saturated rings. The van der Waals surface area contributed by atoms with Gasteiger partial charge in [0.1, 0.15) is 5.75 Å². The molecule has 1 aromatic carbocycles. The molecule has 0 aliphatic heterocycles. The number of carbonyl (C=O) groups excluding carboxylic acids is 1. The van der Waals surface area contributed by atoms with Gasteiger partial charge in [-0.2, -0.15) is 5.10 Å². The Morgan fingerprint density at radius 3 is 2.82 bits per heavy atom. The molecule has 0 aliphatic rings. The fraction of sp³-hybridized carbons (Fsp3) is 0.467. The number of rotatable bonds is 7. The maximum Gasteiger partial charge on any atom is 0.427 e. The lowest BCUT2D eigenvalue weighted by molar-refractivity contribution is 0.145. The average molecular weight is 328 g/mol. The number of unbranched alkanes of at least 4 members (excludes halogenated alkanes) is 1. The molecule has 0 aromatic heterocycles. The molecular formula is C15H22ClN3O3. The highest BCUT2D eigenvalue weighted by Gasteiger charge is 2.08. The Labute approximate surface area is 135 Å². The van der Waals surface area contributed by atoms with Crippen molar-refractivity contribution < 1.29 is 14.3 Å². The van der Waals surface area contributed by atoms with E-state index < -0.39 is 6.09 Å². The number of nitrogens with two attached hydrogens (primary N) is 1. The summed E-state index contributed by atoms with van der Waals surface area (Å²) in [7, 11) is 0. The van der Waals surface area contributed by atoms with Crippen molar-refractivity contribution >= 4 is 23.5 Å². The second-order valence-electron chi connectivity index (χ2n) is 4.91. The van der Waals surface area contributed by atoms with E-state index >= 15 is 0 Å². The van der Waals surface area contributed by atoms with Crippen molar-refractivity contribution in [2.45, 2.75) is 39.7 Å². The van der Waals surface area contributed by atoms with Gasteiger partial charge in [0.05, 0.1) is 17.7 Å². The van der Waals surface area contributed by atoms with Crippen LogP contribution in [0.2, 0.25) is 5.02 Å². The Hall–Kier alpha value is -1.95. The van der Waals surface area contributed by atoms with Crippen LogP contribution in [0.5, 0.6) is 5.75 Å². The van der Waals surface area contributed by atoms with Crippen LogP contribution in [-0.2, 0) is 4.74 Å². The van der Waals surface area contributed by atoms with Gasteiger partial charge in [0.15, 0.2) is 5.84 Å². The number of nitrogens with one attached hydrogen (secondary N) is 1. The minimum Gasteiger partial charge on any atom is -0.489 e. The number of benzene rings is 1. The summed E-state index contributed by atoms with van der Waals surface area (Å²) in [5.41, 5.74) is 8.66. The Morgan fingerprint density at radius 1 is 1.45 bits per heavy atom. The summed E-state index contributed by atoms with van der Waals surface area (Å²) < 4.78 is 10.5. The summed E-state index contributed by atoms with van der Waals surface area (Å²) >= 11 is 6.05. The highest BCUT2D eigenvalue weighted by Crippen LogP contribution is 2.26. The highest BCUT2D eigenvalue weighted by atomic mass is 35.5. The van der Waals surface area contributed by atoms with Crippen LogP contribution in [0.4, 0.5) is 4.79 Å². The van der Waals surface area contributed by atoms with Crippen LogP contribution in [0.1, 0.15) is 39.2 Å². The Kier molecular flexibility index (Phi) is 7.52. The molecule has 0 unspecified atom stereocenters. The molecule has 0 heterocycles. The molecule has 0 radical (unpaired) electrons. The largest absolute Gasteiger partial charge is 0.489 e. The number of hydrazone groups is 1. The molecule has 0 atom stereocenters. The Bertz CT molecular complexity index is 533. The topological polar surface area (TPSA) is 85.9 Å². The van der Waals surface area contributed by atoms with Gasteiger partial charge in [-0.05, 0) is 38.5 Å². The van der Waals surface area contributed by atoms with E-state index in [-0.39, 0.29) is 11.9 Å². The summed E-state index contributed by atoms with van der Waals surface area (Å²) in [4.78, 5) is 11.4. The fourth-order valence-corrected chi connectivity index (χ4v) is 1.68. The maximum atomic E-state index is 11.4. The first-order valence-corrected chi connectivity index (χ1v) is 7.54. The van der Waals surface area contributed by atoms with E-state index in [1.165, 1.54) is 0 Å². The van der Waals surface area contributed by atoms with E-state index in [0.717, 1.165) is 12.8 Å². The predicted molar refractivity (Wildman–Crippen MR) is 87.3 cm³/mol. The number of amides is 1. The Morgan fingerprint density at radius 2 is 2.18 bits per heavy atom. The van der Waals surface area contributed by atoms with Gasteiger partial charge >= 0.3 is 6.09 Å². The molecule has 0 saturated carbocycles. The number of halogens is 1. The third kappa shape index (κ3) is 6.22. The molecule has 1 aromatic rings. The SMILES string of the molecule is CCCCOC(=O)N/N=C(\N)c1ccc(Cl)c(OC(C)C)c1. The molecular weight excluding hydrogens is 306 g/mol. The number of amidine groups is 1. The van der Waals surface area contributed by atoms with Crippen LogP contribution >= 0.6 is 11.6 Å². The van der Waals surface area contributed by atoms with E-state index in [0.29, 0.717) is 22.9 Å². The van der Waals surface area contributed by atoms with Gasteiger partial charge in [0, 0.05) is 5.56 Å². The van der Waals surface area contributed by atoms with E-state index in [2.05, 4.69) is 10.5 Å². The van der Waals surface area contributed by atoms with Gasteiger partial charge in [-0.15, -0.1) is 0 Å². The smallest absolute Gasteiger partial charge is 0.427 e. The van der Waals surface area contributed by atoms with Crippen LogP contribution in [0, 0.1) is 0 Å². The first kappa shape index (κ1) is 18.1. The highest BCUT2D eigenvalue weighted by molar-refractivity contribution is 6.32. The van der Waals surface area contributed by atoms with Crippen molar-refractivity contribution in [1.29, 1.82) is 0 Å². The van der Waals surface area contributed by atoms with Crippen molar-refractivity contribution in [3.05, 3.63) is 28.8 Å². The van der Waals surface area contributed by atoms with Gasteiger partial charge in [-0.1, -0.05) is 24.9 Å². The zero-order valence-corrected chi connectivity index (χ0v) is 13.8. The van der Waals surface area contributed by atoms with Crippen LogP contribution in [0.3, 0.4) is 0 Å². The second kappa shape index (κ2) is 9.15. The molecule has 22 heavy (non-hydrogen) atoms. The number of carbonyl (C=O) groups is 1. The number of hydrogen-bond acceptors (Lipinski definition) is 4. The third-order valence-electron chi connectivity index (χ3n) is 2.59. The van der Waals surface area contributed by atoms with Crippen molar-refractivity contribution in [2.75, 3.05) is 6.61 Å². The van der Waals surface area contributed by atoms with Crippen LogP contribution in [0.15, 0.2) is 23.3 Å². The number of ether oxygens (including phenoxy) is 2. The van der Waals surface area contributed by atoms with E-state index in [9.17, 15) is 4.79 Å². The third-order valence-corrected chi connectivity index (χ3v) is 2.90. The monoisotopic (exact) mass is 327 g/mol. The summed E-state index contributed by atoms with van der Waals surface area (Å²) in [5, 5.41) is 4.28. The molecule has 1 rings (SSSR count). The summed E-state index contributed by atoms with van der Waals surface area (Å²) in [6.45, 7) is 6.16. The van der Waals surface area contributed by atoms with Crippen molar-refractivity contribution in [2.24, 2.45) is 10.8 Å². The standard InChI is InChI=1S/C15H22ClN3O3/c1-4-5-8-21-15(20)19-18-14(17)11-6-7-12(16)13(9-11)22-10(2)3/h6-7,9-10H,4-5,8H2,1-3H3,(H2,17,18)(H,19,20). The van der Waals surface area contributed by atoms with Gasteiger partial charge in [-0.3, -0.25) is 0 Å². The van der Waals surface area contributed by atoms with E-state index in [1.54, 1.807) is 18.2 Å². The lowest BCUT2D eigenvalue weighted by Gasteiger charge is -2.12. The van der Waals surface area contributed by atoms with Crippen molar-refractivity contribution in [3.63, 3.8) is 0 Å². The Balaban J connectivity index is 2.69. The molecule has 0 aliphatic carbocycles. The molecule has 6 nitrogen and oxygen atoms in total. The second-order valence-corrected chi connectivity index (χ2v) is 5.32. The molecule has 3 N–H and O–H groups in total. The summed E-state index contributed by atoms with van der Waals surface area (Å²) in [6.07, 6.45) is 1.10. The molecule has 7 heteroatoms. The lowest BCUT2D eigenvalue weighted by Crippen LogP contribution is -2.25. The maximum absolute atomic E-state index is 11.4. The normalized spacial score (nSPS) is 11.4. The van der Waals surface area contributed by atoms with E-state index in [4.69, 9.17) is 26.8 Å². The molecule has 122 valence electrons. The number of nitrogens with zero attached hydrogens (tertiary/aromatic N) is 1. The summed E-state index contributed by atoms with van der Waals surface area (Å²) in [5.74, 6) is 0.649. The van der Waals surface area contributed by atoms with Gasteiger partial charge in [-0.25, -0.2) is 10.2 Å². The first-order valence-electron chi connectivity index (χ1n) is 7.16. The first-order chi connectivity index (χ1) is 10.4. The van der Waals surface area contributed by atoms with Crippen molar-refractivity contribution in [1.82, 2.24) is 5.43 Å². The minimum absolute atomic E-state index is 0.0161. The van der Waals surface area contributed by atoms with E-state index in [1.807, 2.05) is 20.8 Å². The van der Waals surface area contributed by atoms with Gasteiger partial charge in [0.2, 0.25) is 0 Å². The zero-order valence-electron chi connectivity index (χ0n) is 13.1. The molecule has 0 bridgehead atoms. The zero-order chi connectivity index (χ0) is 16.5. The van der Waals surface area contributed by atoms with Crippen molar-refractivity contribution in [3.8, 4) is 5.75 Å². The van der Waals surface area contributed by atoms with Crippen LogP contribution in [-0.4, -0.2) is 24.6 Å². The average Bonchev–Trinajstić information content (AvgIpc) is 2.47. The van der Waals surface area contributed by atoms with Gasteiger partial charge < -0.3 is 15.2 Å². The fourth-order valence-electron chi connectivity index (χ4n) is 1.52. The van der Waals surface area contributed by atoms with Crippen LogP contribution < -0.4 is 15.9 Å². The molecule has 0 spiro atoms. The van der Waals surface area contributed by atoms with Crippen LogP contribution in [0.25, 0.3) is 0 Å². The molecule has 1 amide bonds. The lowest BCUT2D eigenvalue weighted by atomic mass is 10.2. The molecule has 0 saturated heterocycles. The quantitative estimate of drug-likeness (QED) is 0.348. The predicted octanol–water partition coefficient (Wildman–Crippen LogP) is 3.27. The minimum atomic E-state index is -0.635. The van der Waals surface area contributed by atoms with Gasteiger partial charge in [0.25, 0.3) is 0 Å². The summed E-state index contributed by atoms with van der Waals surface area (Å²) in [6, 6.07) is 5.03.